The van der Waals surface area contributed by atoms with E-state index >= 15 is 0 Å². The molecule has 0 saturated heterocycles. The molecule has 0 unspecified atom stereocenters. The lowest BCUT2D eigenvalue weighted by atomic mass is 10.1. The molecule has 2 aromatic rings. The summed E-state index contributed by atoms with van der Waals surface area (Å²) in [5.41, 5.74) is 2.34. The molecule has 0 spiro atoms. The second kappa shape index (κ2) is 6.86. The van der Waals surface area contributed by atoms with Crippen molar-refractivity contribution in [3.63, 3.8) is 0 Å². The SMILES string of the molecule is CN(C)c1ccc(C[C@@H](CO)Nc2ccncn2)cc1. The molecule has 0 bridgehead atoms. The summed E-state index contributed by atoms with van der Waals surface area (Å²) in [6, 6.07) is 10.1. The Morgan fingerprint density at radius 3 is 2.50 bits per heavy atom. The molecule has 2 N–H and O–H groups in total. The van der Waals surface area contributed by atoms with Gasteiger partial charge in [0.2, 0.25) is 0 Å². The largest absolute Gasteiger partial charge is 0.394 e. The number of nitrogens with one attached hydrogen (secondary N) is 1. The van der Waals surface area contributed by atoms with Crippen LogP contribution in [-0.2, 0) is 6.42 Å². The predicted octanol–water partition coefficient (Wildman–Crippen LogP) is 1.56. The van der Waals surface area contributed by atoms with Gasteiger partial charge in [-0.1, -0.05) is 12.1 Å². The Morgan fingerprint density at radius 1 is 1.20 bits per heavy atom. The molecule has 1 atom stereocenters. The Morgan fingerprint density at radius 2 is 1.95 bits per heavy atom. The molecule has 0 fully saturated rings. The monoisotopic (exact) mass is 272 g/mol. The number of hydrogen-bond acceptors (Lipinski definition) is 5. The highest BCUT2D eigenvalue weighted by atomic mass is 16.3. The number of aromatic nitrogens is 2. The maximum absolute atomic E-state index is 9.48. The Kier molecular flexibility index (Phi) is 4.90. The first-order valence-electron chi connectivity index (χ1n) is 6.58. The minimum Gasteiger partial charge on any atom is -0.394 e. The van der Waals surface area contributed by atoms with Crippen LogP contribution in [0.5, 0.6) is 0 Å². The second-order valence-corrected chi connectivity index (χ2v) is 4.88. The summed E-state index contributed by atoms with van der Waals surface area (Å²) in [5, 5.41) is 12.7. The molecule has 1 heterocycles. The van der Waals surface area contributed by atoms with Crippen LogP contribution in [-0.4, -0.2) is 41.8 Å². The van der Waals surface area contributed by atoms with E-state index in [1.807, 2.05) is 14.1 Å². The van der Waals surface area contributed by atoms with Gasteiger partial charge in [-0.2, -0.15) is 0 Å². The van der Waals surface area contributed by atoms with Gasteiger partial charge in [-0.15, -0.1) is 0 Å². The number of aliphatic hydroxyl groups excluding tert-OH is 1. The van der Waals surface area contributed by atoms with Crippen molar-refractivity contribution in [1.29, 1.82) is 0 Å². The second-order valence-electron chi connectivity index (χ2n) is 4.88. The summed E-state index contributed by atoms with van der Waals surface area (Å²) in [7, 11) is 4.03. The minimum atomic E-state index is -0.0601. The molecule has 2 rings (SSSR count). The first-order valence-corrected chi connectivity index (χ1v) is 6.58. The van der Waals surface area contributed by atoms with Crippen LogP contribution in [0.25, 0.3) is 0 Å². The van der Waals surface area contributed by atoms with Gasteiger partial charge in [-0.05, 0) is 30.2 Å². The van der Waals surface area contributed by atoms with E-state index in [-0.39, 0.29) is 12.6 Å². The number of anilines is 2. The van der Waals surface area contributed by atoms with E-state index < -0.39 is 0 Å². The average molecular weight is 272 g/mol. The molecule has 0 aliphatic heterocycles. The van der Waals surface area contributed by atoms with E-state index in [1.54, 1.807) is 12.3 Å². The number of benzene rings is 1. The highest BCUT2D eigenvalue weighted by molar-refractivity contribution is 5.46. The molecule has 0 amide bonds. The Labute approximate surface area is 119 Å². The normalized spacial score (nSPS) is 11.9. The van der Waals surface area contributed by atoms with Crippen molar-refractivity contribution in [2.24, 2.45) is 0 Å². The summed E-state index contributed by atoms with van der Waals surface area (Å²) in [6.07, 6.45) is 3.91. The fraction of sp³-hybridized carbons (Fsp3) is 0.333. The lowest BCUT2D eigenvalue weighted by Gasteiger charge is -2.18. The van der Waals surface area contributed by atoms with Crippen molar-refractivity contribution >= 4 is 11.5 Å². The summed E-state index contributed by atoms with van der Waals surface area (Å²) in [5.74, 6) is 0.726. The van der Waals surface area contributed by atoms with Gasteiger partial charge in [0.25, 0.3) is 0 Å². The lowest BCUT2D eigenvalue weighted by Crippen LogP contribution is -2.26. The Hall–Kier alpha value is -2.14. The smallest absolute Gasteiger partial charge is 0.129 e. The summed E-state index contributed by atoms with van der Waals surface area (Å²) in [6.45, 7) is 0.0550. The van der Waals surface area contributed by atoms with E-state index in [0.29, 0.717) is 0 Å². The number of hydrogen-bond donors (Lipinski definition) is 2. The summed E-state index contributed by atoms with van der Waals surface area (Å²) < 4.78 is 0. The molecule has 0 saturated carbocycles. The van der Waals surface area contributed by atoms with Crippen molar-refractivity contribution in [2.75, 3.05) is 30.9 Å². The zero-order valence-corrected chi connectivity index (χ0v) is 11.8. The third kappa shape index (κ3) is 3.93. The van der Waals surface area contributed by atoms with Gasteiger partial charge in [0.05, 0.1) is 12.6 Å². The van der Waals surface area contributed by atoms with Crippen molar-refractivity contribution in [1.82, 2.24) is 9.97 Å². The van der Waals surface area contributed by atoms with Gasteiger partial charge in [0, 0.05) is 26.0 Å². The van der Waals surface area contributed by atoms with Gasteiger partial charge in [0.1, 0.15) is 12.1 Å². The molecule has 20 heavy (non-hydrogen) atoms. The van der Waals surface area contributed by atoms with Gasteiger partial charge in [-0.25, -0.2) is 9.97 Å². The van der Waals surface area contributed by atoms with Crippen molar-refractivity contribution in [3.05, 3.63) is 48.4 Å². The van der Waals surface area contributed by atoms with Crippen molar-refractivity contribution < 1.29 is 5.11 Å². The van der Waals surface area contributed by atoms with Crippen molar-refractivity contribution in [3.8, 4) is 0 Å². The zero-order valence-electron chi connectivity index (χ0n) is 11.8. The predicted molar refractivity (Wildman–Crippen MR) is 81.0 cm³/mol. The van der Waals surface area contributed by atoms with E-state index in [1.165, 1.54) is 11.9 Å². The molecule has 0 aliphatic rings. The molecule has 106 valence electrons. The highest BCUT2D eigenvalue weighted by Gasteiger charge is 2.09. The third-order valence-electron chi connectivity index (χ3n) is 3.09. The first kappa shape index (κ1) is 14.3. The molecule has 0 radical (unpaired) electrons. The van der Waals surface area contributed by atoms with Crippen LogP contribution in [0.2, 0.25) is 0 Å². The topological polar surface area (TPSA) is 61.3 Å². The number of nitrogens with zero attached hydrogens (tertiary/aromatic N) is 3. The van der Waals surface area contributed by atoms with Crippen LogP contribution in [0.4, 0.5) is 11.5 Å². The van der Waals surface area contributed by atoms with E-state index in [4.69, 9.17) is 0 Å². The Bertz CT molecular complexity index is 513. The van der Waals surface area contributed by atoms with Gasteiger partial charge in [-0.3, -0.25) is 0 Å². The molecule has 0 aliphatic carbocycles. The average Bonchev–Trinajstić information content (AvgIpc) is 2.48. The maximum atomic E-state index is 9.48. The lowest BCUT2D eigenvalue weighted by molar-refractivity contribution is 0.273. The third-order valence-corrected chi connectivity index (χ3v) is 3.09. The highest BCUT2D eigenvalue weighted by Crippen LogP contribution is 2.14. The molecular weight excluding hydrogens is 252 g/mol. The standard InChI is InChI=1S/C15H20N4O/c1-19(2)14-5-3-12(4-6-14)9-13(10-20)18-15-7-8-16-11-17-15/h3-8,11,13,20H,9-10H2,1-2H3,(H,16,17,18)/t13-/m0/s1. The van der Waals surface area contributed by atoms with Crippen LogP contribution >= 0.6 is 0 Å². The summed E-state index contributed by atoms with van der Waals surface area (Å²) in [4.78, 5) is 10.0. The fourth-order valence-electron chi connectivity index (χ4n) is 1.96. The number of aliphatic hydroxyl groups is 1. The number of rotatable bonds is 6. The summed E-state index contributed by atoms with van der Waals surface area (Å²) >= 11 is 0. The quantitative estimate of drug-likeness (QED) is 0.835. The van der Waals surface area contributed by atoms with Crippen LogP contribution in [0.3, 0.4) is 0 Å². The minimum absolute atomic E-state index is 0.0550. The van der Waals surface area contributed by atoms with Crippen molar-refractivity contribution in [2.45, 2.75) is 12.5 Å². The van der Waals surface area contributed by atoms with Crippen LogP contribution < -0.4 is 10.2 Å². The molecule has 1 aromatic heterocycles. The molecule has 5 nitrogen and oxygen atoms in total. The molecular formula is C15H20N4O. The first-order chi connectivity index (χ1) is 9.69. The Balaban J connectivity index is 1.99. The van der Waals surface area contributed by atoms with Gasteiger partial charge in [0.15, 0.2) is 0 Å². The maximum Gasteiger partial charge on any atom is 0.129 e. The fourth-order valence-corrected chi connectivity index (χ4v) is 1.96. The molecule has 5 heteroatoms. The van der Waals surface area contributed by atoms with Crippen LogP contribution in [0.15, 0.2) is 42.9 Å². The van der Waals surface area contributed by atoms with Gasteiger partial charge < -0.3 is 15.3 Å². The molecule has 1 aromatic carbocycles. The zero-order chi connectivity index (χ0) is 14.4. The van der Waals surface area contributed by atoms with E-state index in [2.05, 4.69) is 44.5 Å². The van der Waals surface area contributed by atoms with E-state index in [9.17, 15) is 5.11 Å². The van der Waals surface area contributed by atoms with Crippen LogP contribution in [0, 0.1) is 0 Å². The van der Waals surface area contributed by atoms with E-state index in [0.717, 1.165) is 17.9 Å². The van der Waals surface area contributed by atoms with Crippen LogP contribution in [0.1, 0.15) is 5.56 Å². The van der Waals surface area contributed by atoms with Gasteiger partial charge >= 0.3 is 0 Å².